The van der Waals surface area contributed by atoms with Gasteiger partial charge < -0.3 is 10.1 Å². The number of amides is 1. The van der Waals surface area contributed by atoms with Gasteiger partial charge in [0.15, 0.2) is 4.34 Å². The van der Waals surface area contributed by atoms with Crippen molar-refractivity contribution in [2.24, 2.45) is 0 Å². The predicted molar refractivity (Wildman–Crippen MR) is 82.7 cm³/mol. The molecule has 8 heteroatoms. The van der Waals surface area contributed by atoms with Gasteiger partial charge in [0.1, 0.15) is 16.9 Å². The molecule has 1 atom stereocenters. The average Bonchev–Trinajstić information content (AvgIpc) is 2.90. The lowest BCUT2D eigenvalue weighted by molar-refractivity contribution is -0.118. The molecule has 1 N–H and O–H groups in total. The van der Waals surface area contributed by atoms with E-state index in [2.05, 4.69) is 20.5 Å². The fourth-order valence-corrected chi connectivity index (χ4v) is 3.11. The summed E-state index contributed by atoms with van der Waals surface area (Å²) in [6.45, 7) is 4.23. The Morgan fingerprint density at radius 1 is 1.52 bits per heavy atom. The van der Waals surface area contributed by atoms with Crippen LogP contribution in [-0.4, -0.2) is 39.5 Å². The van der Waals surface area contributed by atoms with Crippen LogP contribution in [-0.2, 0) is 4.79 Å². The standard InChI is InChI=1S/C13H16N4O2S2/c1-9(19-11-4-3-5-14-7-11)6-15-12(18)8-20-13-17-16-10(2)21-13/h3-5,7,9H,6,8H2,1-2H3,(H,15,18). The molecular formula is C13H16N4O2S2. The fourth-order valence-electron chi connectivity index (χ4n) is 1.46. The van der Waals surface area contributed by atoms with E-state index in [0.717, 1.165) is 9.35 Å². The predicted octanol–water partition coefficient (Wildman–Crippen LogP) is 1.92. The zero-order valence-electron chi connectivity index (χ0n) is 11.8. The maximum Gasteiger partial charge on any atom is 0.230 e. The minimum atomic E-state index is -0.119. The van der Waals surface area contributed by atoms with E-state index in [9.17, 15) is 4.79 Å². The quantitative estimate of drug-likeness (QED) is 0.784. The summed E-state index contributed by atoms with van der Waals surface area (Å²) >= 11 is 2.87. The Labute approximate surface area is 131 Å². The molecular weight excluding hydrogens is 308 g/mol. The first-order chi connectivity index (χ1) is 10.1. The highest BCUT2D eigenvalue weighted by Gasteiger charge is 2.09. The van der Waals surface area contributed by atoms with Crippen LogP contribution in [0.15, 0.2) is 28.9 Å². The van der Waals surface area contributed by atoms with E-state index in [-0.39, 0.29) is 12.0 Å². The largest absolute Gasteiger partial charge is 0.487 e. The number of carbonyl (C=O) groups excluding carboxylic acids is 1. The molecule has 6 nitrogen and oxygen atoms in total. The van der Waals surface area contributed by atoms with Crippen molar-refractivity contribution < 1.29 is 9.53 Å². The monoisotopic (exact) mass is 324 g/mol. The molecule has 0 saturated heterocycles. The van der Waals surface area contributed by atoms with Gasteiger partial charge in [-0.25, -0.2) is 0 Å². The molecule has 2 heterocycles. The van der Waals surface area contributed by atoms with E-state index in [1.807, 2.05) is 19.9 Å². The van der Waals surface area contributed by atoms with Crippen molar-refractivity contribution in [2.45, 2.75) is 24.3 Å². The van der Waals surface area contributed by atoms with E-state index in [1.165, 1.54) is 23.1 Å². The van der Waals surface area contributed by atoms with Gasteiger partial charge in [-0.05, 0) is 26.0 Å². The van der Waals surface area contributed by atoms with Crippen LogP contribution in [0.4, 0.5) is 0 Å². The Hall–Kier alpha value is -1.67. The van der Waals surface area contributed by atoms with Crippen LogP contribution < -0.4 is 10.1 Å². The normalized spacial score (nSPS) is 11.9. The molecule has 1 amide bonds. The number of hydrogen-bond acceptors (Lipinski definition) is 7. The molecule has 1 unspecified atom stereocenters. The molecule has 112 valence electrons. The lowest BCUT2D eigenvalue weighted by Crippen LogP contribution is -2.34. The first-order valence-corrected chi connectivity index (χ1v) is 8.20. The average molecular weight is 324 g/mol. The highest BCUT2D eigenvalue weighted by Crippen LogP contribution is 2.21. The third-order valence-corrected chi connectivity index (χ3v) is 4.36. The van der Waals surface area contributed by atoms with Crippen molar-refractivity contribution in [1.82, 2.24) is 20.5 Å². The topological polar surface area (TPSA) is 77.0 Å². The van der Waals surface area contributed by atoms with E-state index in [4.69, 9.17) is 4.74 Å². The van der Waals surface area contributed by atoms with Gasteiger partial charge in [-0.1, -0.05) is 23.1 Å². The first-order valence-electron chi connectivity index (χ1n) is 6.40. The summed E-state index contributed by atoms with van der Waals surface area (Å²) in [5, 5.41) is 11.6. The second kappa shape index (κ2) is 7.94. The van der Waals surface area contributed by atoms with Crippen LogP contribution in [0.25, 0.3) is 0 Å². The zero-order valence-corrected chi connectivity index (χ0v) is 13.4. The zero-order chi connectivity index (χ0) is 15.1. The van der Waals surface area contributed by atoms with Crippen LogP contribution in [0.3, 0.4) is 0 Å². The Morgan fingerprint density at radius 2 is 2.38 bits per heavy atom. The summed E-state index contributed by atoms with van der Waals surface area (Å²) in [5.41, 5.74) is 0. The summed E-state index contributed by atoms with van der Waals surface area (Å²) in [6, 6.07) is 3.64. The fraction of sp³-hybridized carbons (Fsp3) is 0.385. The number of hydrogen-bond donors (Lipinski definition) is 1. The molecule has 0 spiro atoms. The third kappa shape index (κ3) is 5.68. The number of thioether (sulfide) groups is 1. The molecule has 0 aromatic carbocycles. The minimum Gasteiger partial charge on any atom is -0.487 e. The van der Waals surface area contributed by atoms with Gasteiger partial charge in [0.25, 0.3) is 0 Å². The number of aryl methyl sites for hydroxylation is 1. The molecule has 0 saturated carbocycles. The van der Waals surface area contributed by atoms with Crippen molar-refractivity contribution >= 4 is 29.0 Å². The summed E-state index contributed by atoms with van der Waals surface area (Å²) in [6.07, 6.45) is 3.21. The SMILES string of the molecule is Cc1nnc(SCC(=O)NCC(C)Oc2cccnc2)s1. The minimum absolute atomic E-state index is 0.0468. The number of ether oxygens (including phenoxy) is 1. The summed E-state index contributed by atoms with van der Waals surface area (Å²) in [4.78, 5) is 15.7. The molecule has 21 heavy (non-hydrogen) atoms. The molecule has 0 aliphatic rings. The summed E-state index contributed by atoms with van der Waals surface area (Å²) < 4.78 is 6.43. The van der Waals surface area contributed by atoms with Crippen LogP contribution >= 0.6 is 23.1 Å². The second-order valence-corrected chi connectivity index (χ2v) is 6.70. The van der Waals surface area contributed by atoms with Gasteiger partial charge in [0.2, 0.25) is 5.91 Å². The van der Waals surface area contributed by atoms with Crippen LogP contribution in [0.2, 0.25) is 0 Å². The van der Waals surface area contributed by atoms with Crippen molar-refractivity contribution in [3.8, 4) is 5.75 Å². The molecule has 2 rings (SSSR count). The number of pyridine rings is 1. The molecule has 0 radical (unpaired) electrons. The Bertz CT molecular complexity index is 577. The van der Waals surface area contributed by atoms with Gasteiger partial charge in [-0.3, -0.25) is 9.78 Å². The lowest BCUT2D eigenvalue weighted by atomic mass is 10.4. The van der Waals surface area contributed by atoms with Crippen molar-refractivity contribution in [2.75, 3.05) is 12.3 Å². The van der Waals surface area contributed by atoms with Crippen molar-refractivity contribution in [1.29, 1.82) is 0 Å². The van der Waals surface area contributed by atoms with Gasteiger partial charge >= 0.3 is 0 Å². The molecule has 0 bridgehead atoms. The number of carbonyl (C=O) groups is 1. The smallest absolute Gasteiger partial charge is 0.230 e. The summed E-state index contributed by atoms with van der Waals surface area (Å²) in [5.74, 6) is 0.973. The Morgan fingerprint density at radius 3 is 3.05 bits per heavy atom. The number of nitrogens with zero attached hydrogens (tertiary/aromatic N) is 3. The van der Waals surface area contributed by atoms with E-state index in [0.29, 0.717) is 18.0 Å². The third-order valence-electron chi connectivity index (χ3n) is 2.39. The highest BCUT2D eigenvalue weighted by molar-refractivity contribution is 8.01. The van der Waals surface area contributed by atoms with Gasteiger partial charge in [0, 0.05) is 6.20 Å². The van der Waals surface area contributed by atoms with Crippen LogP contribution in [0.5, 0.6) is 5.75 Å². The van der Waals surface area contributed by atoms with E-state index < -0.39 is 0 Å². The lowest BCUT2D eigenvalue weighted by Gasteiger charge is -2.14. The van der Waals surface area contributed by atoms with Gasteiger partial charge in [-0.15, -0.1) is 10.2 Å². The first kappa shape index (κ1) is 15.7. The van der Waals surface area contributed by atoms with Crippen molar-refractivity contribution in [3.63, 3.8) is 0 Å². The Balaban J connectivity index is 1.66. The van der Waals surface area contributed by atoms with Crippen LogP contribution in [0.1, 0.15) is 11.9 Å². The number of nitrogens with one attached hydrogen (secondary N) is 1. The Kier molecular flexibility index (Phi) is 5.94. The van der Waals surface area contributed by atoms with Crippen molar-refractivity contribution in [3.05, 3.63) is 29.5 Å². The summed E-state index contributed by atoms with van der Waals surface area (Å²) in [7, 11) is 0. The molecule has 0 aliphatic heterocycles. The maximum atomic E-state index is 11.7. The molecule has 2 aromatic rings. The second-order valence-electron chi connectivity index (χ2n) is 4.30. The number of aromatic nitrogens is 3. The van der Waals surface area contributed by atoms with Gasteiger partial charge in [0.05, 0.1) is 18.5 Å². The van der Waals surface area contributed by atoms with Gasteiger partial charge in [-0.2, -0.15) is 0 Å². The molecule has 2 aromatic heterocycles. The van der Waals surface area contributed by atoms with Crippen LogP contribution in [0, 0.1) is 6.92 Å². The maximum absolute atomic E-state index is 11.7. The molecule has 0 fully saturated rings. The number of rotatable bonds is 7. The molecule has 0 aliphatic carbocycles. The van der Waals surface area contributed by atoms with E-state index in [1.54, 1.807) is 18.5 Å². The van der Waals surface area contributed by atoms with E-state index >= 15 is 0 Å². The highest BCUT2D eigenvalue weighted by atomic mass is 32.2.